The summed E-state index contributed by atoms with van der Waals surface area (Å²) in [6.45, 7) is 2.29. The molecule has 1 saturated heterocycles. The van der Waals surface area contributed by atoms with Crippen LogP contribution >= 0.6 is 0 Å². The third-order valence-corrected chi connectivity index (χ3v) is 4.35. The van der Waals surface area contributed by atoms with Crippen LogP contribution in [0.5, 0.6) is 5.75 Å². The highest BCUT2D eigenvalue weighted by atomic mass is 16.5. The third kappa shape index (κ3) is 4.60. The zero-order chi connectivity index (χ0) is 15.0. The molecule has 0 aliphatic carbocycles. The zero-order valence-electron chi connectivity index (χ0n) is 13.1. The number of piperidine rings is 1. The molecule has 0 aromatic heterocycles. The van der Waals surface area contributed by atoms with E-state index < -0.39 is 0 Å². The lowest BCUT2D eigenvalue weighted by molar-refractivity contribution is 0.157. The number of rotatable bonds is 6. The monoisotopic (exact) mass is 295 g/mol. The van der Waals surface area contributed by atoms with Gasteiger partial charge in [0.25, 0.3) is 0 Å². The van der Waals surface area contributed by atoms with Gasteiger partial charge >= 0.3 is 0 Å². The lowest BCUT2D eigenvalue weighted by atomic mass is 9.91. The molecule has 2 heteroatoms. The molecule has 2 unspecified atom stereocenters. The van der Waals surface area contributed by atoms with E-state index in [1.165, 1.54) is 24.9 Å². The van der Waals surface area contributed by atoms with Gasteiger partial charge in [-0.1, -0.05) is 48.5 Å². The zero-order valence-corrected chi connectivity index (χ0v) is 13.1. The molecule has 1 N–H and O–H groups in total. The van der Waals surface area contributed by atoms with Crippen molar-refractivity contribution in [1.29, 1.82) is 0 Å². The molecule has 2 atom stereocenters. The summed E-state index contributed by atoms with van der Waals surface area (Å²) in [5, 5.41) is 3.51. The SMILES string of the molecule is c1ccc(CC(CC2CCCNC2)Oc2ccccc2)cc1. The normalized spacial score (nSPS) is 19.5. The Balaban J connectivity index is 1.66. The number of benzene rings is 2. The van der Waals surface area contributed by atoms with Crippen molar-refractivity contribution in [3.63, 3.8) is 0 Å². The van der Waals surface area contributed by atoms with Gasteiger partial charge in [0, 0.05) is 6.42 Å². The maximum absolute atomic E-state index is 6.29. The Morgan fingerprint density at radius 3 is 2.41 bits per heavy atom. The Bertz CT molecular complexity index is 493. The minimum Gasteiger partial charge on any atom is -0.490 e. The number of hydrogen-bond donors (Lipinski definition) is 1. The van der Waals surface area contributed by atoms with Gasteiger partial charge in [0.15, 0.2) is 0 Å². The van der Waals surface area contributed by atoms with Crippen molar-refractivity contribution in [2.75, 3.05) is 13.1 Å². The lowest BCUT2D eigenvalue weighted by Gasteiger charge is -2.28. The van der Waals surface area contributed by atoms with E-state index >= 15 is 0 Å². The molecule has 0 bridgehead atoms. The molecule has 2 nitrogen and oxygen atoms in total. The molecule has 0 amide bonds. The molecule has 1 heterocycles. The van der Waals surface area contributed by atoms with Crippen LogP contribution in [0.4, 0.5) is 0 Å². The topological polar surface area (TPSA) is 21.3 Å². The third-order valence-electron chi connectivity index (χ3n) is 4.35. The summed E-state index contributed by atoms with van der Waals surface area (Å²) in [4.78, 5) is 0. The molecule has 0 saturated carbocycles. The second kappa shape index (κ2) is 8.00. The van der Waals surface area contributed by atoms with E-state index in [1.54, 1.807) is 0 Å². The molecule has 1 aliphatic rings. The van der Waals surface area contributed by atoms with Crippen molar-refractivity contribution >= 4 is 0 Å². The van der Waals surface area contributed by atoms with E-state index in [4.69, 9.17) is 4.74 Å². The van der Waals surface area contributed by atoms with Crippen LogP contribution < -0.4 is 10.1 Å². The summed E-state index contributed by atoms with van der Waals surface area (Å²) in [5.41, 5.74) is 1.35. The van der Waals surface area contributed by atoms with Gasteiger partial charge in [-0.2, -0.15) is 0 Å². The fourth-order valence-electron chi connectivity index (χ4n) is 3.24. The predicted octanol–water partition coefficient (Wildman–Crippen LogP) is 4.07. The van der Waals surface area contributed by atoms with Crippen LogP contribution in [0.15, 0.2) is 60.7 Å². The van der Waals surface area contributed by atoms with Crippen molar-refractivity contribution in [1.82, 2.24) is 5.32 Å². The Morgan fingerprint density at radius 1 is 1.00 bits per heavy atom. The lowest BCUT2D eigenvalue weighted by Crippen LogP contribution is -2.34. The highest BCUT2D eigenvalue weighted by Crippen LogP contribution is 2.22. The second-order valence-corrected chi connectivity index (χ2v) is 6.19. The van der Waals surface area contributed by atoms with Crippen LogP contribution in [0.2, 0.25) is 0 Å². The fraction of sp³-hybridized carbons (Fsp3) is 0.400. The minimum absolute atomic E-state index is 0.245. The maximum Gasteiger partial charge on any atom is 0.119 e. The van der Waals surface area contributed by atoms with Gasteiger partial charge < -0.3 is 10.1 Å². The van der Waals surface area contributed by atoms with Gasteiger partial charge in [-0.15, -0.1) is 0 Å². The van der Waals surface area contributed by atoms with Gasteiger partial charge in [-0.25, -0.2) is 0 Å². The summed E-state index contributed by atoms with van der Waals surface area (Å²) >= 11 is 0. The minimum atomic E-state index is 0.245. The average Bonchev–Trinajstić information content (AvgIpc) is 2.57. The second-order valence-electron chi connectivity index (χ2n) is 6.19. The van der Waals surface area contributed by atoms with Gasteiger partial charge in [0.1, 0.15) is 11.9 Å². The molecule has 0 spiro atoms. The Morgan fingerprint density at radius 2 is 1.73 bits per heavy atom. The van der Waals surface area contributed by atoms with Crippen LogP contribution in [0.3, 0.4) is 0 Å². The Labute approximate surface area is 133 Å². The number of para-hydroxylation sites is 1. The molecule has 3 rings (SSSR count). The van der Waals surface area contributed by atoms with Crippen molar-refractivity contribution in [2.45, 2.75) is 31.8 Å². The smallest absolute Gasteiger partial charge is 0.119 e. The quantitative estimate of drug-likeness (QED) is 0.867. The van der Waals surface area contributed by atoms with E-state index in [2.05, 4.69) is 47.8 Å². The molecule has 1 aliphatic heterocycles. The Kier molecular flexibility index (Phi) is 5.49. The van der Waals surface area contributed by atoms with E-state index in [9.17, 15) is 0 Å². The number of hydrogen-bond acceptors (Lipinski definition) is 2. The highest BCUT2D eigenvalue weighted by Gasteiger charge is 2.20. The van der Waals surface area contributed by atoms with Crippen LogP contribution in [-0.2, 0) is 6.42 Å². The Hall–Kier alpha value is -1.80. The van der Waals surface area contributed by atoms with Crippen molar-refractivity contribution in [3.05, 3.63) is 66.2 Å². The number of nitrogens with one attached hydrogen (secondary N) is 1. The van der Waals surface area contributed by atoms with Crippen molar-refractivity contribution in [3.8, 4) is 5.75 Å². The number of ether oxygens (including phenoxy) is 1. The summed E-state index contributed by atoms with van der Waals surface area (Å²) in [6.07, 6.45) is 4.95. The van der Waals surface area contributed by atoms with E-state index in [0.29, 0.717) is 0 Å². The molecule has 1 fully saturated rings. The standard InChI is InChI=1S/C20H25NO/c1-3-8-17(9-4-1)14-20(15-18-10-7-13-21-16-18)22-19-11-5-2-6-12-19/h1-6,8-9,11-12,18,20-21H,7,10,13-16H2. The fourth-order valence-corrected chi connectivity index (χ4v) is 3.24. The van der Waals surface area contributed by atoms with E-state index in [1.807, 2.05) is 18.2 Å². The molecule has 22 heavy (non-hydrogen) atoms. The van der Waals surface area contributed by atoms with Gasteiger partial charge in [-0.05, 0) is 56.0 Å². The summed E-state index contributed by atoms with van der Waals surface area (Å²) in [5.74, 6) is 1.71. The first-order valence-electron chi connectivity index (χ1n) is 8.36. The maximum atomic E-state index is 6.29. The van der Waals surface area contributed by atoms with Gasteiger partial charge in [0.05, 0.1) is 0 Å². The first kappa shape index (κ1) is 15.1. The summed E-state index contributed by atoms with van der Waals surface area (Å²) < 4.78 is 6.29. The molecule has 116 valence electrons. The highest BCUT2D eigenvalue weighted by molar-refractivity contribution is 5.22. The summed E-state index contributed by atoms with van der Waals surface area (Å²) in [7, 11) is 0. The predicted molar refractivity (Wildman–Crippen MR) is 91.2 cm³/mol. The summed E-state index contributed by atoms with van der Waals surface area (Å²) in [6, 6.07) is 20.9. The first-order chi connectivity index (χ1) is 10.9. The largest absolute Gasteiger partial charge is 0.490 e. The molecule has 0 radical (unpaired) electrons. The van der Waals surface area contributed by atoms with Gasteiger partial charge in [-0.3, -0.25) is 0 Å². The van der Waals surface area contributed by atoms with E-state index in [-0.39, 0.29) is 6.10 Å². The molecule has 2 aromatic carbocycles. The molecular formula is C20H25NO. The average molecular weight is 295 g/mol. The van der Waals surface area contributed by atoms with Crippen LogP contribution in [-0.4, -0.2) is 19.2 Å². The van der Waals surface area contributed by atoms with Crippen LogP contribution in [0, 0.1) is 5.92 Å². The van der Waals surface area contributed by atoms with Gasteiger partial charge in [0.2, 0.25) is 0 Å². The molecule has 2 aromatic rings. The van der Waals surface area contributed by atoms with Crippen LogP contribution in [0.1, 0.15) is 24.8 Å². The van der Waals surface area contributed by atoms with Crippen molar-refractivity contribution in [2.24, 2.45) is 5.92 Å². The van der Waals surface area contributed by atoms with Crippen LogP contribution in [0.25, 0.3) is 0 Å². The van der Waals surface area contributed by atoms with Crippen molar-refractivity contribution < 1.29 is 4.74 Å². The molecular weight excluding hydrogens is 270 g/mol. The first-order valence-corrected chi connectivity index (χ1v) is 8.36. The van der Waals surface area contributed by atoms with E-state index in [0.717, 1.165) is 31.1 Å².